The molecule has 2 bridgehead atoms. The van der Waals surface area contributed by atoms with Crippen molar-refractivity contribution in [3.05, 3.63) is 30.0 Å². The molecule has 2 fully saturated rings. The lowest BCUT2D eigenvalue weighted by Gasteiger charge is -2.47. The number of para-hydroxylation sites is 1. The van der Waals surface area contributed by atoms with Gasteiger partial charge in [-0.05, 0) is 38.6 Å². The Hall–Kier alpha value is -1.88. The van der Waals surface area contributed by atoms with Gasteiger partial charge in [0.2, 0.25) is 0 Å². The molecule has 2 saturated heterocycles. The van der Waals surface area contributed by atoms with Gasteiger partial charge in [0.05, 0.1) is 6.89 Å². The summed E-state index contributed by atoms with van der Waals surface area (Å²) >= 11 is 0. The van der Waals surface area contributed by atoms with Crippen LogP contribution >= 0.6 is 0 Å². The maximum atomic E-state index is 13.3. The summed E-state index contributed by atoms with van der Waals surface area (Å²) in [5, 5.41) is 6.19. The fraction of sp³-hybridized carbons (Fsp3) is 0.556. The van der Waals surface area contributed by atoms with E-state index in [1.807, 2.05) is 5.32 Å². The van der Waals surface area contributed by atoms with Crippen LogP contribution in [-0.4, -0.2) is 45.7 Å². The molecule has 2 aliphatic rings. The van der Waals surface area contributed by atoms with Crippen molar-refractivity contribution in [3.8, 4) is 0 Å². The number of carbonyl (C=O) groups excluding carboxylic acids is 1. The zero-order valence-corrected chi connectivity index (χ0v) is 12.6. The highest BCUT2D eigenvalue weighted by molar-refractivity contribution is 6.04. The number of hydrogen-bond donors (Lipinski definition) is 1. The maximum Gasteiger partial charge on any atom is 0.272 e. The van der Waals surface area contributed by atoms with E-state index < -0.39 is 55.8 Å². The first-order chi connectivity index (χ1) is 16.0. The molecule has 1 amide bonds. The van der Waals surface area contributed by atoms with E-state index in [2.05, 4.69) is 5.10 Å². The molecule has 1 aromatic heterocycles. The van der Waals surface area contributed by atoms with Crippen molar-refractivity contribution in [3.63, 3.8) is 0 Å². The average molecular weight is 325 g/mol. The Balaban J connectivity index is 2.00. The van der Waals surface area contributed by atoms with Crippen molar-refractivity contribution in [1.82, 2.24) is 20.0 Å². The van der Waals surface area contributed by atoms with Crippen LogP contribution < -0.4 is 5.32 Å². The molecule has 5 heteroatoms. The van der Waals surface area contributed by atoms with E-state index in [1.54, 1.807) is 18.2 Å². The second kappa shape index (κ2) is 5.64. The maximum absolute atomic E-state index is 13.3. The van der Waals surface area contributed by atoms with E-state index in [0.29, 0.717) is 5.52 Å². The first-order valence-electron chi connectivity index (χ1n) is 13.5. The number of aromatic nitrogens is 2. The lowest BCUT2D eigenvalue weighted by Crippen LogP contribution is -2.55. The quantitative estimate of drug-likeness (QED) is 0.922. The number of fused-ring (bicyclic) bond motifs is 3. The van der Waals surface area contributed by atoms with Crippen LogP contribution in [-0.2, 0) is 7.05 Å². The predicted molar refractivity (Wildman–Crippen MR) is 90.4 cm³/mol. The number of piperidine rings is 2. The number of benzene rings is 1. The molecule has 0 saturated carbocycles. The topological polar surface area (TPSA) is 50.2 Å². The van der Waals surface area contributed by atoms with Crippen molar-refractivity contribution in [1.29, 1.82) is 0 Å². The molecule has 4 rings (SSSR count). The number of nitrogens with zero attached hydrogens (tertiary/aromatic N) is 3. The van der Waals surface area contributed by atoms with Crippen molar-refractivity contribution < 1.29 is 22.6 Å². The minimum Gasteiger partial charge on any atom is -0.348 e. The van der Waals surface area contributed by atoms with Gasteiger partial charge in [-0.2, -0.15) is 5.10 Å². The van der Waals surface area contributed by atoms with Crippen molar-refractivity contribution in [2.24, 2.45) is 7.05 Å². The van der Waals surface area contributed by atoms with Crippen LogP contribution in [0.1, 0.15) is 60.2 Å². The molecule has 23 heavy (non-hydrogen) atoms. The summed E-state index contributed by atoms with van der Waals surface area (Å²) in [5.41, 5.74) is 0.137. The van der Waals surface area contributed by atoms with Crippen molar-refractivity contribution in [2.75, 3.05) is 7.05 Å². The molecule has 1 aromatic carbocycles. The number of rotatable bonds is 2. The number of nitrogens with one attached hydrogen (secondary N) is 1. The fourth-order valence-corrected chi connectivity index (χ4v) is 2.54. The van der Waals surface area contributed by atoms with Gasteiger partial charge in [-0.3, -0.25) is 9.48 Å². The van der Waals surface area contributed by atoms with Crippen LogP contribution in [0.15, 0.2) is 24.3 Å². The largest absolute Gasteiger partial charge is 0.348 e. The van der Waals surface area contributed by atoms with E-state index in [-0.39, 0.29) is 16.0 Å². The normalized spacial score (nSPS) is 56.9. The minimum atomic E-state index is -3.75. The van der Waals surface area contributed by atoms with Crippen LogP contribution in [0.25, 0.3) is 10.9 Å². The minimum absolute atomic E-state index is 0.163. The van der Waals surface area contributed by atoms with Crippen LogP contribution in [0.2, 0.25) is 0 Å². The SMILES string of the molecule is [2H]C1([2H])C([2H])([2H])[C@@]2([2H])N(C)[C@]([2H])(C1([2H])[2H])C([2H])([2H])C([2H])(NC(=O)c1nn(C)c3ccccc13)C2([2H])[2H]. The predicted octanol–water partition coefficient (Wildman–Crippen LogP) is 2.32. The zero-order chi connectivity index (χ0) is 27.7. The highest BCUT2D eigenvalue weighted by Crippen LogP contribution is 2.32. The van der Waals surface area contributed by atoms with Crippen molar-refractivity contribution >= 4 is 16.8 Å². The molecular formula is C18H24N4O. The van der Waals surface area contributed by atoms with Crippen LogP contribution in [0.5, 0.6) is 0 Å². The number of amides is 1. The summed E-state index contributed by atoms with van der Waals surface area (Å²) in [4.78, 5) is 13.5. The fourth-order valence-electron chi connectivity index (χ4n) is 2.54. The number of carbonyl (C=O) groups is 1. The highest BCUT2D eigenvalue weighted by Gasteiger charge is 2.36. The van der Waals surface area contributed by atoms with Gasteiger partial charge >= 0.3 is 0 Å². The average Bonchev–Trinajstić information content (AvgIpc) is 3.11. The molecule has 122 valence electrons. The van der Waals surface area contributed by atoms with Crippen molar-refractivity contribution in [2.45, 2.75) is 49.9 Å². The Kier molecular flexibility index (Phi) is 1.52. The highest BCUT2D eigenvalue weighted by atomic mass is 16.2. The van der Waals surface area contributed by atoms with Gasteiger partial charge in [0.1, 0.15) is 0 Å². The summed E-state index contributed by atoms with van der Waals surface area (Å²) < 4.78 is 112. The van der Waals surface area contributed by atoms with Gasteiger partial charge < -0.3 is 10.2 Å². The molecule has 5 nitrogen and oxygen atoms in total. The summed E-state index contributed by atoms with van der Waals surface area (Å²) in [7, 11) is 2.26. The Morgan fingerprint density at radius 2 is 2.00 bits per heavy atom. The Morgan fingerprint density at radius 1 is 1.30 bits per heavy atom. The molecule has 0 unspecified atom stereocenters. The lowest BCUT2D eigenvalue weighted by molar-refractivity contribution is 0.0462. The molecule has 2 aliphatic heterocycles. The smallest absolute Gasteiger partial charge is 0.272 e. The third-order valence-electron chi connectivity index (χ3n) is 3.73. The Morgan fingerprint density at radius 3 is 2.74 bits per heavy atom. The van der Waals surface area contributed by atoms with Gasteiger partial charge in [0, 0.05) is 46.9 Å². The summed E-state index contributed by atoms with van der Waals surface area (Å²) in [6.45, 7) is 0. The third kappa shape index (κ3) is 2.53. The van der Waals surface area contributed by atoms with Gasteiger partial charge in [0.25, 0.3) is 5.91 Å². The van der Waals surface area contributed by atoms with Gasteiger partial charge in [-0.1, -0.05) is 24.6 Å². The van der Waals surface area contributed by atoms with Gasteiger partial charge in [-0.25, -0.2) is 0 Å². The molecule has 2 atom stereocenters. The van der Waals surface area contributed by atoms with Gasteiger partial charge in [0.15, 0.2) is 5.69 Å². The standard InChI is InChI=1S/C18H24N4O/c1-21-13-6-5-7-14(21)11-12(10-13)19-18(23)17-15-8-3-4-9-16(15)22(2)20-17/h3-4,8-9,12-14H,5-7,10-11H2,1-2H3,(H,19,23)/t13-,14-/m1/s1/i5D2,6D2,7D2,10D2,11D2,12D,13D,14D. The molecule has 0 aliphatic carbocycles. The first kappa shape index (κ1) is 6.20. The Bertz CT molecular complexity index is 1230. The first-order valence-corrected chi connectivity index (χ1v) is 7.02. The molecule has 3 heterocycles. The molecule has 0 radical (unpaired) electrons. The van der Waals surface area contributed by atoms with Gasteiger partial charge in [-0.15, -0.1) is 0 Å². The Labute approximate surface area is 154 Å². The molecule has 2 aromatic rings. The van der Waals surface area contributed by atoms with E-state index in [1.165, 1.54) is 17.8 Å². The third-order valence-corrected chi connectivity index (χ3v) is 3.73. The van der Waals surface area contributed by atoms with E-state index in [9.17, 15) is 4.79 Å². The van der Waals surface area contributed by atoms with E-state index in [0.717, 1.165) is 7.05 Å². The van der Waals surface area contributed by atoms with Crippen LogP contribution in [0.4, 0.5) is 0 Å². The summed E-state index contributed by atoms with van der Waals surface area (Å²) in [6, 6.07) is -4.35. The molecular weight excluding hydrogens is 288 g/mol. The summed E-state index contributed by atoms with van der Waals surface area (Å²) in [6.07, 6.45) is -18.7. The molecule has 0 spiro atoms. The zero-order valence-electron chi connectivity index (χ0n) is 25.6. The van der Waals surface area contributed by atoms with E-state index >= 15 is 0 Å². The summed E-state index contributed by atoms with van der Waals surface area (Å²) in [5.74, 6) is -1.27. The monoisotopic (exact) mass is 325 g/mol. The second-order valence-electron chi connectivity index (χ2n) is 5.20. The lowest BCUT2D eigenvalue weighted by atomic mass is 9.82. The van der Waals surface area contributed by atoms with Crippen LogP contribution in [0, 0.1) is 0 Å². The van der Waals surface area contributed by atoms with E-state index in [4.69, 9.17) is 17.8 Å². The number of aryl methyl sites for hydroxylation is 1. The van der Waals surface area contributed by atoms with Crippen LogP contribution in [0.3, 0.4) is 0 Å². The second-order valence-corrected chi connectivity index (χ2v) is 5.20. The molecule has 1 N–H and O–H groups in total. The number of hydrogen-bond acceptors (Lipinski definition) is 3.